The molecule has 3 heterocycles. The van der Waals surface area contributed by atoms with E-state index in [1.165, 1.54) is 6.92 Å². The Morgan fingerprint density at radius 3 is 2.30 bits per heavy atom. The summed E-state index contributed by atoms with van der Waals surface area (Å²) in [6, 6.07) is 7.03. The van der Waals surface area contributed by atoms with Gasteiger partial charge in [0.15, 0.2) is 5.78 Å². The highest BCUT2D eigenvalue weighted by Crippen LogP contribution is 2.25. The third-order valence-corrected chi connectivity index (χ3v) is 6.24. The van der Waals surface area contributed by atoms with Crippen molar-refractivity contribution in [2.45, 2.75) is 38.0 Å². The van der Waals surface area contributed by atoms with Gasteiger partial charge in [-0.1, -0.05) is 0 Å². The molecule has 0 bridgehead atoms. The van der Waals surface area contributed by atoms with E-state index in [2.05, 4.69) is 15.3 Å². The highest BCUT2D eigenvalue weighted by atomic mass is 16.3. The lowest BCUT2D eigenvalue weighted by Crippen LogP contribution is -2.53. The molecule has 4 rings (SSSR count). The van der Waals surface area contributed by atoms with Gasteiger partial charge in [0.25, 0.3) is 0 Å². The lowest BCUT2D eigenvalue weighted by atomic mass is 9.95. The molecular formula is C22H33N9O2. The van der Waals surface area contributed by atoms with E-state index in [4.69, 9.17) is 22.2 Å². The number of aliphatic hydroxyl groups excluding tert-OH is 1. The highest BCUT2D eigenvalue weighted by Gasteiger charge is 2.30. The van der Waals surface area contributed by atoms with Crippen molar-refractivity contribution in [1.82, 2.24) is 15.0 Å². The van der Waals surface area contributed by atoms with E-state index < -0.39 is 6.10 Å². The van der Waals surface area contributed by atoms with Crippen LogP contribution in [0.1, 0.15) is 30.1 Å². The molecule has 0 saturated carbocycles. The molecule has 4 atom stereocenters. The number of aliphatic hydroxyl groups is 1. The summed E-state index contributed by atoms with van der Waals surface area (Å²) in [5.41, 5.74) is 19.6. The van der Waals surface area contributed by atoms with Gasteiger partial charge >= 0.3 is 0 Å². The lowest BCUT2D eigenvalue weighted by Gasteiger charge is -2.37. The van der Waals surface area contributed by atoms with Gasteiger partial charge in [-0.2, -0.15) is 15.0 Å². The Kier molecular flexibility index (Phi) is 7.03. The van der Waals surface area contributed by atoms with Gasteiger partial charge in [0, 0.05) is 55.4 Å². The summed E-state index contributed by atoms with van der Waals surface area (Å²) >= 11 is 0. The molecule has 2 fully saturated rings. The van der Waals surface area contributed by atoms with Gasteiger partial charge in [-0.15, -0.1) is 0 Å². The molecule has 1 aromatic carbocycles. The number of piperidine rings is 2. The Morgan fingerprint density at radius 2 is 1.70 bits per heavy atom. The van der Waals surface area contributed by atoms with Crippen molar-refractivity contribution in [1.29, 1.82) is 0 Å². The molecule has 11 nitrogen and oxygen atoms in total. The third kappa shape index (κ3) is 5.56. The second kappa shape index (κ2) is 9.96. The number of nitrogens with zero attached hydrogens (tertiary/aromatic N) is 5. The number of carbonyl (C=O) groups is 1. The van der Waals surface area contributed by atoms with Crippen LogP contribution in [-0.4, -0.2) is 76.8 Å². The van der Waals surface area contributed by atoms with Crippen molar-refractivity contribution in [2.75, 3.05) is 47.8 Å². The van der Waals surface area contributed by atoms with Crippen LogP contribution >= 0.6 is 0 Å². The standard InChI is InChI=1S/C22H33N9O2/c1-13(32)14-2-4-18(5-3-14)26-20-27-21(30-7-6-19(33)15(9-23)10-30)29-22(28-20)31-11-16(24)8-17(25)12-31/h2-5,15-17,19,33H,6-12,23-25H2,1H3,(H,26,27,28,29)/t15-,16-,17+,19+/m0/s1. The maximum atomic E-state index is 11.6. The van der Waals surface area contributed by atoms with E-state index in [0.29, 0.717) is 62.6 Å². The Labute approximate surface area is 193 Å². The number of carbonyl (C=O) groups excluding carboxylic acids is 1. The van der Waals surface area contributed by atoms with E-state index in [9.17, 15) is 9.90 Å². The predicted octanol–water partition coefficient (Wildman–Crippen LogP) is -0.172. The Morgan fingerprint density at radius 1 is 1.06 bits per heavy atom. The van der Waals surface area contributed by atoms with E-state index in [0.717, 1.165) is 12.1 Å². The van der Waals surface area contributed by atoms with Gasteiger partial charge in [0.2, 0.25) is 17.8 Å². The summed E-state index contributed by atoms with van der Waals surface area (Å²) in [5, 5.41) is 13.5. The summed E-state index contributed by atoms with van der Waals surface area (Å²) < 4.78 is 0. The zero-order valence-corrected chi connectivity index (χ0v) is 18.9. The zero-order chi connectivity index (χ0) is 23.5. The molecule has 11 heteroatoms. The van der Waals surface area contributed by atoms with Crippen molar-refractivity contribution < 1.29 is 9.90 Å². The molecule has 2 aromatic rings. The number of ketones is 1. The maximum absolute atomic E-state index is 11.6. The number of hydrogen-bond acceptors (Lipinski definition) is 11. The first kappa shape index (κ1) is 23.3. The van der Waals surface area contributed by atoms with Crippen molar-refractivity contribution in [3.05, 3.63) is 29.8 Å². The first-order valence-electron chi connectivity index (χ1n) is 11.4. The van der Waals surface area contributed by atoms with Crippen LogP contribution in [-0.2, 0) is 0 Å². The highest BCUT2D eigenvalue weighted by molar-refractivity contribution is 5.94. The van der Waals surface area contributed by atoms with Crippen LogP contribution in [0.15, 0.2) is 24.3 Å². The van der Waals surface area contributed by atoms with Crippen LogP contribution in [0.4, 0.5) is 23.5 Å². The number of anilines is 4. The number of hydrogen-bond donors (Lipinski definition) is 5. The fourth-order valence-electron chi connectivity index (χ4n) is 4.39. The second-order valence-electron chi connectivity index (χ2n) is 8.98. The van der Waals surface area contributed by atoms with Crippen molar-refractivity contribution in [3.8, 4) is 0 Å². The van der Waals surface area contributed by atoms with Crippen LogP contribution < -0.4 is 32.3 Å². The van der Waals surface area contributed by atoms with Crippen molar-refractivity contribution in [2.24, 2.45) is 23.1 Å². The van der Waals surface area contributed by atoms with Crippen LogP contribution in [0, 0.1) is 5.92 Å². The number of aromatic nitrogens is 3. The Hall–Kier alpha value is -2.86. The second-order valence-corrected chi connectivity index (χ2v) is 8.98. The average Bonchev–Trinajstić information content (AvgIpc) is 2.79. The van der Waals surface area contributed by atoms with E-state index in [1.807, 2.05) is 21.9 Å². The van der Waals surface area contributed by atoms with Crippen LogP contribution in [0.5, 0.6) is 0 Å². The number of rotatable bonds is 6. The fourth-order valence-corrected chi connectivity index (χ4v) is 4.39. The Balaban J connectivity index is 1.64. The molecule has 0 amide bonds. The first-order valence-corrected chi connectivity index (χ1v) is 11.4. The van der Waals surface area contributed by atoms with Crippen molar-refractivity contribution in [3.63, 3.8) is 0 Å². The molecule has 0 spiro atoms. The minimum atomic E-state index is -0.428. The number of nitrogens with one attached hydrogen (secondary N) is 1. The SMILES string of the molecule is CC(=O)c1ccc(Nc2nc(N3C[C@H](N)C[C@H](N)C3)nc(N3CC[C@@H](O)[C@@H](CN)C3)n2)cc1. The molecule has 0 radical (unpaired) electrons. The quantitative estimate of drug-likeness (QED) is 0.366. The summed E-state index contributed by atoms with van der Waals surface area (Å²) in [7, 11) is 0. The Bertz CT molecular complexity index is 961. The number of Topliss-reactive ketones (excluding diaryl/α,β-unsaturated/α-hetero) is 1. The zero-order valence-electron chi connectivity index (χ0n) is 18.9. The summed E-state index contributed by atoms with van der Waals surface area (Å²) in [6.45, 7) is 4.31. The molecule has 0 unspecified atom stereocenters. The van der Waals surface area contributed by atoms with Gasteiger partial charge in [0.05, 0.1) is 6.10 Å². The monoisotopic (exact) mass is 455 g/mol. The first-order chi connectivity index (χ1) is 15.8. The van der Waals surface area contributed by atoms with Crippen LogP contribution in [0.25, 0.3) is 0 Å². The largest absolute Gasteiger partial charge is 0.393 e. The van der Waals surface area contributed by atoms with Gasteiger partial charge in [-0.05, 0) is 50.6 Å². The van der Waals surface area contributed by atoms with Gasteiger partial charge < -0.3 is 37.4 Å². The predicted molar refractivity (Wildman–Crippen MR) is 128 cm³/mol. The summed E-state index contributed by atoms with van der Waals surface area (Å²) in [4.78, 5) is 29.6. The molecule has 2 aliphatic rings. The summed E-state index contributed by atoms with van der Waals surface area (Å²) in [6.07, 6.45) is 0.921. The minimum absolute atomic E-state index is 0.00537. The van der Waals surface area contributed by atoms with E-state index in [-0.39, 0.29) is 23.8 Å². The molecule has 178 valence electrons. The van der Waals surface area contributed by atoms with Crippen LogP contribution in [0.2, 0.25) is 0 Å². The number of benzene rings is 1. The molecule has 2 aliphatic heterocycles. The van der Waals surface area contributed by atoms with Gasteiger partial charge in [-0.25, -0.2) is 0 Å². The van der Waals surface area contributed by atoms with E-state index >= 15 is 0 Å². The molecule has 2 saturated heterocycles. The minimum Gasteiger partial charge on any atom is -0.393 e. The molecule has 1 aromatic heterocycles. The average molecular weight is 456 g/mol. The van der Waals surface area contributed by atoms with E-state index in [1.54, 1.807) is 12.1 Å². The molecular weight excluding hydrogens is 422 g/mol. The summed E-state index contributed by atoms with van der Waals surface area (Å²) in [5.74, 6) is 1.36. The smallest absolute Gasteiger partial charge is 0.233 e. The molecule has 0 aliphatic carbocycles. The topological polar surface area (TPSA) is 173 Å². The maximum Gasteiger partial charge on any atom is 0.233 e. The van der Waals surface area contributed by atoms with Gasteiger partial charge in [-0.3, -0.25) is 4.79 Å². The molecule has 33 heavy (non-hydrogen) atoms. The van der Waals surface area contributed by atoms with Crippen LogP contribution in [0.3, 0.4) is 0 Å². The third-order valence-electron chi connectivity index (χ3n) is 6.24. The number of nitrogens with two attached hydrogens (primary N) is 3. The van der Waals surface area contributed by atoms with Gasteiger partial charge in [0.1, 0.15) is 0 Å². The fraction of sp³-hybridized carbons (Fsp3) is 0.545. The normalized spacial score (nSPS) is 25.7. The lowest BCUT2D eigenvalue weighted by molar-refractivity contribution is 0.0916. The molecule has 8 N–H and O–H groups in total. The van der Waals surface area contributed by atoms with Crippen molar-refractivity contribution >= 4 is 29.3 Å².